The molecule has 80 valence electrons. The lowest BCUT2D eigenvalue weighted by Crippen LogP contribution is -2.29. The molecule has 0 saturated heterocycles. The fourth-order valence-electron chi connectivity index (χ4n) is 1.29. The van der Waals surface area contributed by atoms with E-state index in [9.17, 15) is 8.78 Å². The largest absolute Gasteiger partial charge is 0.329 e. The molecule has 1 aromatic carbocycles. The summed E-state index contributed by atoms with van der Waals surface area (Å²) in [4.78, 5) is 0. The molecule has 0 saturated carbocycles. The van der Waals surface area contributed by atoms with Crippen LogP contribution >= 0.6 is 0 Å². The van der Waals surface area contributed by atoms with E-state index in [-0.39, 0.29) is 12.6 Å². The Hall–Kier alpha value is -1.44. The lowest BCUT2D eigenvalue weighted by atomic mass is 10.1. The summed E-state index contributed by atoms with van der Waals surface area (Å²) in [6.45, 7) is 0.489. The Kier molecular flexibility index (Phi) is 4.22. The predicted octanol–water partition coefficient (Wildman–Crippen LogP) is 1.19. The molecule has 1 rings (SSSR count). The molecule has 1 aromatic rings. The van der Waals surface area contributed by atoms with E-state index in [1.807, 2.05) is 0 Å². The van der Waals surface area contributed by atoms with Crippen molar-refractivity contribution in [1.29, 1.82) is 0 Å². The van der Waals surface area contributed by atoms with Crippen LogP contribution in [0, 0.1) is 24.0 Å². The van der Waals surface area contributed by atoms with Crippen LogP contribution in [0.25, 0.3) is 0 Å². The van der Waals surface area contributed by atoms with E-state index in [2.05, 4.69) is 11.2 Å². The van der Waals surface area contributed by atoms with Crippen LogP contribution in [0.2, 0.25) is 0 Å². The van der Waals surface area contributed by atoms with Crippen molar-refractivity contribution in [3.05, 3.63) is 35.4 Å². The van der Waals surface area contributed by atoms with Crippen LogP contribution in [0.1, 0.15) is 11.6 Å². The van der Waals surface area contributed by atoms with Crippen molar-refractivity contribution in [3.8, 4) is 12.3 Å². The molecule has 0 bridgehead atoms. The maximum Gasteiger partial charge on any atom is 0.130 e. The second kappa shape index (κ2) is 5.44. The van der Waals surface area contributed by atoms with Crippen LogP contribution in [0.5, 0.6) is 0 Å². The first kappa shape index (κ1) is 11.6. The van der Waals surface area contributed by atoms with Gasteiger partial charge in [-0.05, 0) is 6.07 Å². The monoisotopic (exact) mass is 210 g/mol. The van der Waals surface area contributed by atoms with Crippen LogP contribution in [0.15, 0.2) is 18.2 Å². The highest BCUT2D eigenvalue weighted by molar-refractivity contribution is 5.22. The van der Waals surface area contributed by atoms with Gasteiger partial charge in [0.25, 0.3) is 0 Å². The van der Waals surface area contributed by atoms with Gasteiger partial charge in [-0.15, -0.1) is 6.42 Å². The maximum atomic E-state index is 13.3. The number of rotatable bonds is 4. The molecule has 0 aromatic heterocycles. The molecule has 15 heavy (non-hydrogen) atoms. The van der Waals surface area contributed by atoms with Gasteiger partial charge in [0, 0.05) is 24.2 Å². The summed E-state index contributed by atoms with van der Waals surface area (Å²) in [7, 11) is 0. The molecule has 0 amide bonds. The summed E-state index contributed by atoms with van der Waals surface area (Å²) < 4.78 is 26.0. The molecule has 0 fully saturated rings. The fourth-order valence-corrected chi connectivity index (χ4v) is 1.29. The first-order valence-corrected chi connectivity index (χ1v) is 4.51. The van der Waals surface area contributed by atoms with Gasteiger partial charge >= 0.3 is 0 Å². The highest BCUT2D eigenvalue weighted by Crippen LogP contribution is 2.16. The molecule has 0 heterocycles. The minimum Gasteiger partial charge on any atom is -0.329 e. The van der Waals surface area contributed by atoms with Gasteiger partial charge in [0.05, 0.1) is 6.54 Å². The molecular weight excluding hydrogens is 198 g/mol. The summed E-state index contributed by atoms with van der Waals surface area (Å²) >= 11 is 0. The summed E-state index contributed by atoms with van der Waals surface area (Å²) in [5.74, 6) is 1.15. The molecule has 1 unspecified atom stereocenters. The van der Waals surface area contributed by atoms with E-state index in [0.717, 1.165) is 6.07 Å². The van der Waals surface area contributed by atoms with Crippen molar-refractivity contribution in [2.75, 3.05) is 13.1 Å². The van der Waals surface area contributed by atoms with Gasteiger partial charge in [-0.1, -0.05) is 12.0 Å². The molecule has 0 radical (unpaired) electrons. The van der Waals surface area contributed by atoms with Gasteiger partial charge in [0.15, 0.2) is 0 Å². The zero-order valence-corrected chi connectivity index (χ0v) is 8.13. The number of hydrogen-bond acceptors (Lipinski definition) is 2. The Labute approximate surface area is 87.5 Å². The predicted molar refractivity (Wildman–Crippen MR) is 55.0 cm³/mol. The molecule has 2 nitrogen and oxygen atoms in total. The molecule has 0 aliphatic rings. The number of terminal acetylenes is 1. The summed E-state index contributed by atoms with van der Waals surface area (Å²) in [5.41, 5.74) is 5.79. The molecule has 0 spiro atoms. The molecule has 3 N–H and O–H groups in total. The van der Waals surface area contributed by atoms with Gasteiger partial charge in [-0.3, -0.25) is 5.32 Å². The van der Waals surface area contributed by atoms with E-state index in [0.29, 0.717) is 12.1 Å². The Morgan fingerprint density at radius 1 is 1.47 bits per heavy atom. The lowest BCUT2D eigenvalue weighted by Gasteiger charge is -2.16. The second-order valence-corrected chi connectivity index (χ2v) is 3.04. The standard InChI is InChI=1S/C11H12F2N2/c1-2-5-15-11(7-14)9-4-3-8(12)6-10(9)13/h1,3-4,6,11,15H,5,7,14H2. The van der Waals surface area contributed by atoms with Crippen LogP contribution < -0.4 is 11.1 Å². The Balaban J connectivity index is 2.87. The zero-order chi connectivity index (χ0) is 11.3. The molecule has 4 heteroatoms. The van der Waals surface area contributed by atoms with Gasteiger partial charge in [-0.25, -0.2) is 8.78 Å². The molecule has 1 atom stereocenters. The highest BCUT2D eigenvalue weighted by Gasteiger charge is 2.13. The number of nitrogens with one attached hydrogen (secondary N) is 1. The number of halogens is 2. The fraction of sp³-hybridized carbons (Fsp3) is 0.273. The number of hydrogen-bond donors (Lipinski definition) is 2. The Morgan fingerprint density at radius 3 is 2.73 bits per heavy atom. The lowest BCUT2D eigenvalue weighted by molar-refractivity contribution is 0.519. The SMILES string of the molecule is C#CCNC(CN)c1ccc(F)cc1F. The summed E-state index contributed by atoms with van der Waals surface area (Å²) in [6, 6.07) is 3.00. The van der Waals surface area contributed by atoms with Crippen molar-refractivity contribution in [2.45, 2.75) is 6.04 Å². The molecule has 0 aliphatic carbocycles. The van der Waals surface area contributed by atoms with Crippen molar-refractivity contribution in [2.24, 2.45) is 5.73 Å². The van der Waals surface area contributed by atoms with Crippen molar-refractivity contribution in [1.82, 2.24) is 5.32 Å². The third-order valence-electron chi connectivity index (χ3n) is 2.02. The second-order valence-electron chi connectivity index (χ2n) is 3.04. The normalized spacial score (nSPS) is 12.1. The maximum absolute atomic E-state index is 13.3. The van der Waals surface area contributed by atoms with Crippen LogP contribution in [-0.4, -0.2) is 13.1 Å². The van der Waals surface area contributed by atoms with E-state index in [1.165, 1.54) is 12.1 Å². The third kappa shape index (κ3) is 3.01. The first-order chi connectivity index (χ1) is 7.19. The van der Waals surface area contributed by atoms with Crippen LogP contribution in [0.4, 0.5) is 8.78 Å². The quantitative estimate of drug-likeness (QED) is 0.732. The van der Waals surface area contributed by atoms with E-state index in [4.69, 9.17) is 12.2 Å². The molecule has 0 aliphatic heterocycles. The van der Waals surface area contributed by atoms with Crippen molar-refractivity contribution in [3.63, 3.8) is 0 Å². The highest BCUT2D eigenvalue weighted by atomic mass is 19.1. The van der Waals surface area contributed by atoms with Crippen LogP contribution in [0.3, 0.4) is 0 Å². The Morgan fingerprint density at radius 2 is 2.20 bits per heavy atom. The zero-order valence-electron chi connectivity index (χ0n) is 8.13. The van der Waals surface area contributed by atoms with Gasteiger partial charge in [0.1, 0.15) is 11.6 Å². The Bertz CT molecular complexity index is 371. The third-order valence-corrected chi connectivity index (χ3v) is 2.02. The average Bonchev–Trinajstić information content (AvgIpc) is 2.21. The minimum atomic E-state index is -0.616. The van der Waals surface area contributed by atoms with Gasteiger partial charge in [-0.2, -0.15) is 0 Å². The summed E-state index contributed by atoms with van der Waals surface area (Å²) in [5, 5.41) is 2.87. The van der Waals surface area contributed by atoms with Crippen LogP contribution in [-0.2, 0) is 0 Å². The average molecular weight is 210 g/mol. The first-order valence-electron chi connectivity index (χ1n) is 4.51. The minimum absolute atomic E-state index is 0.199. The van der Waals surface area contributed by atoms with E-state index < -0.39 is 11.6 Å². The number of nitrogens with two attached hydrogens (primary N) is 1. The summed E-state index contributed by atoms with van der Waals surface area (Å²) in [6.07, 6.45) is 5.06. The number of benzene rings is 1. The van der Waals surface area contributed by atoms with Gasteiger partial charge in [0.2, 0.25) is 0 Å². The van der Waals surface area contributed by atoms with Crippen molar-refractivity contribution < 1.29 is 8.78 Å². The van der Waals surface area contributed by atoms with E-state index >= 15 is 0 Å². The smallest absolute Gasteiger partial charge is 0.130 e. The molecular formula is C11H12F2N2. The van der Waals surface area contributed by atoms with E-state index in [1.54, 1.807) is 0 Å². The van der Waals surface area contributed by atoms with Gasteiger partial charge < -0.3 is 5.73 Å². The topological polar surface area (TPSA) is 38.0 Å². The van der Waals surface area contributed by atoms with Crippen molar-refractivity contribution >= 4 is 0 Å².